The molecule has 0 aromatic carbocycles. The molecule has 0 fully saturated rings. The van der Waals surface area contributed by atoms with Gasteiger partial charge in [-0.05, 0) is 19.1 Å². The number of anilines is 1. The summed E-state index contributed by atoms with van der Waals surface area (Å²) in [6, 6.07) is 3.74. The molecule has 0 aliphatic rings. The molecule has 0 radical (unpaired) electrons. The fraction of sp³-hybridized carbons (Fsp3) is 0.312. The van der Waals surface area contributed by atoms with Gasteiger partial charge in [0.15, 0.2) is 5.82 Å². The fourth-order valence-electron chi connectivity index (χ4n) is 2.69. The second-order valence-corrected chi connectivity index (χ2v) is 5.67. The van der Waals surface area contributed by atoms with E-state index in [1.54, 1.807) is 17.2 Å². The van der Waals surface area contributed by atoms with Crippen molar-refractivity contribution in [1.29, 1.82) is 0 Å². The molecular formula is C16H20N8O2. The van der Waals surface area contributed by atoms with Gasteiger partial charge in [0.1, 0.15) is 18.8 Å². The van der Waals surface area contributed by atoms with Gasteiger partial charge in [0.2, 0.25) is 0 Å². The number of ether oxygens (including phenoxy) is 1. The van der Waals surface area contributed by atoms with E-state index in [0.717, 1.165) is 16.8 Å². The van der Waals surface area contributed by atoms with E-state index < -0.39 is 6.09 Å². The third-order valence-corrected chi connectivity index (χ3v) is 3.76. The van der Waals surface area contributed by atoms with E-state index in [0.29, 0.717) is 23.9 Å². The fourth-order valence-corrected chi connectivity index (χ4v) is 2.69. The van der Waals surface area contributed by atoms with Crippen molar-refractivity contribution >= 4 is 11.9 Å². The van der Waals surface area contributed by atoms with Crippen molar-refractivity contribution in [2.45, 2.75) is 13.5 Å². The van der Waals surface area contributed by atoms with E-state index in [9.17, 15) is 4.79 Å². The number of hydrogen-bond donors (Lipinski definition) is 2. The monoisotopic (exact) mass is 356 g/mol. The summed E-state index contributed by atoms with van der Waals surface area (Å²) in [5.41, 5.74) is 8.18. The second-order valence-electron chi connectivity index (χ2n) is 5.67. The molecule has 3 rings (SSSR count). The highest BCUT2D eigenvalue weighted by Crippen LogP contribution is 2.31. The third kappa shape index (κ3) is 3.48. The van der Waals surface area contributed by atoms with Crippen molar-refractivity contribution in [3.05, 3.63) is 30.4 Å². The molecule has 136 valence electrons. The number of primary amides is 1. The van der Waals surface area contributed by atoms with E-state index in [1.165, 1.54) is 0 Å². The maximum absolute atomic E-state index is 10.9. The molecule has 0 bridgehead atoms. The Kier molecular flexibility index (Phi) is 4.83. The van der Waals surface area contributed by atoms with Crippen LogP contribution in [0.5, 0.6) is 0 Å². The minimum atomic E-state index is -0.845. The Bertz CT molecular complexity index is 930. The largest absolute Gasteiger partial charge is 0.443 e. The van der Waals surface area contributed by atoms with Gasteiger partial charge in [0, 0.05) is 26.2 Å². The first-order valence-corrected chi connectivity index (χ1v) is 8.03. The maximum Gasteiger partial charge on any atom is 0.404 e. The number of carbonyl (C=O) groups is 1. The van der Waals surface area contributed by atoms with Crippen LogP contribution in [0.25, 0.3) is 22.6 Å². The predicted molar refractivity (Wildman–Crippen MR) is 95.0 cm³/mol. The van der Waals surface area contributed by atoms with Crippen molar-refractivity contribution in [3.8, 4) is 22.6 Å². The standard InChI is InChI=1S/C16H20N8O2/c1-4-18-13-6-10(5-11(21-13)8-26-16(17)25)14-12(7-20-24(14)3)15-22-19-9-23(15)2/h5-7,9H,4,8H2,1-3H3,(H2,17,25)(H,18,21). The van der Waals surface area contributed by atoms with Crippen LogP contribution in [-0.4, -0.2) is 42.2 Å². The summed E-state index contributed by atoms with van der Waals surface area (Å²) in [6.45, 7) is 2.66. The van der Waals surface area contributed by atoms with Gasteiger partial charge in [0.25, 0.3) is 0 Å². The molecule has 1 amide bonds. The molecule has 0 unspecified atom stereocenters. The van der Waals surface area contributed by atoms with Crippen molar-refractivity contribution in [1.82, 2.24) is 29.5 Å². The number of rotatable bonds is 6. The highest BCUT2D eigenvalue weighted by atomic mass is 16.5. The molecule has 0 aliphatic carbocycles. The Hall–Kier alpha value is -3.43. The number of nitrogens with one attached hydrogen (secondary N) is 1. The van der Waals surface area contributed by atoms with Crippen LogP contribution in [0.15, 0.2) is 24.7 Å². The molecular weight excluding hydrogens is 336 g/mol. The zero-order valence-electron chi connectivity index (χ0n) is 14.8. The van der Waals surface area contributed by atoms with Crippen LogP contribution in [0, 0.1) is 0 Å². The SMILES string of the molecule is CCNc1cc(-c2c(-c3nncn3C)cnn2C)cc(COC(N)=O)n1. The van der Waals surface area contributed by atoms with E-state index in [4.69, 9.17) is 10.5 Å². The van der Waals surface area contributed by atoms with Crippen molar-refractivity contribution in [3.63, 3.8) is 0 Å². The van der Waals surface area contributed by atoms with Crippen LogP contribution in [0.2, 0.25) is 0 Å². The third-order valence-electron chi connectivity index (χ3n) is 3.76. The van der Waals surface area contributed by atoms with Crippen molar-refractivity contribution in [2.24, 2.45) is 19.8 Å². The molecule has 0 spiro atoms. The Morgan fingerprint density at radius 1 is 1.35 bits per heavy atom. The highest BCUT2D eigenvalue weighted by Gasteiger charge is 2.18. The lowest BCUT2D eigenvalue weighted by atomic mass is 10.1. The number of nitrogens with zero attached hydrogens (tertiary/aromatic N) is 6. The highest BCUT2D eigenvalue weighted by molar-refractivity contribution is 5.79. The molecule has 3 heterocycles. The number of hydrogen-bond acceptors (Lipinski definition) is 7. The lowest BCUT2D eigenvalue weighted by molar-refractivity contribution is 0.149. The van der Waals surface area contributed by atoms with Crippen LogP contribution in [-0.2, 0) is 25.4 Å². The molecule has 0 saturated heterocycles. The lowest BCUT2D eigenvalue weighted by Crippen LogP contribution is -2.13. The average molecular weight is 356 g/mol. The minimum absolute atomic E-state index is 0.0152. The van der Waals surface area contributed by atoms with Gasteiger partial charge in [-0.1, -0.05) is 0 Å². The summed E-state index contributed by atoms with van der Waals surface area (Å²) in [7, 11) is 3.72. The first-order valence-electron chi connectivity index (χ1n) is 8.03. The summed E-state index contributed by atoms with van der Waals surface area (Å²) < 4.78 is 8.47. The summed E-state index contributed by atoms with van der Waals surface area (Å²) in [4.78, 5) is 15.4. The normalized spacial score (nSPS) is 10.7. The molecule has 0 aliphatic heterocycles. The average Bonchev–Trinajstić information content (AvgIpc) is 3.18. The number of aryl methyl sites for hydroxylation is 2. The van der Waals surface area contributed by atoms with Gasteiger partial charge in [-0.3, -0.25) is 4.68 Å². The van der Waals surface area contributed by atoms with Crippen LogP contribution in [0.1, 0.15) is 12.6 Å². The first-order chi connectivity index (χ1) is 12.5. The van der Waals surface area contributed by atoms with Crippen LogP contribution < -0.4 is 11.1 Å². The smallest absolute Gasteiger partial charge is 0.404 e. The van der Waals surface area contributed by atoms with Gasteiger partial charge in [-0.2, -0.15) is 5.10 Å². The quantitative estimate of drug-likeness (QED) is 0.682. The second kappa shape index (κ2) is 7.21. The predicted octanol–water partition coefficient (Wildman–Crippen LogP) is 1.30. The van der Waals surface area contributed by atoms with Crippen LogP contribution in [0.4, 0.5) is 10.6 Å². The van der Waals surface area contributed by atoms with Crippen LogP contribution in [0.3, 0.4) is 0 Å². The van der Waals surface area contributed by atoms with Gasteiger partial charge >= 0.3 is 6.09 Å². The van der Waals surface area contributed by atoms with Crippen molar-refractivity contribution in [2.75, 3.05) is 11.9 Å². The summed E-state index contributed by atoms with van der Waals surface area (Å²) in [6.07, 6.45) is 2.53. The van der Waals surface area contributed by atoms with Crippen molar-refractivity contribution < 1.29 is 9.53 Å². The molecule has 3 N–H and O–H groups in total. The van der Waals surface area contributed by atoms with Gasteiger partial charge in [-0.25, -0.2) is 9.78 Å². The molecule has 10 nitrogen and oxygen atoms in total. The molecule has 26 heavy (non-hydrogen) atoms. The van der Waals surface area contributed by atoms with Gasteiger partial charge in [0.05, 0.1) is 23.1 Å². The zero-order chi connectivity index (χ0) is 18.7. The Balaban J connectivity index is 2.10. The van der Waals surface area contributed by atoms with Gasteiger partial charge < -0.3 is 20.4 Å². The number of amides is 1. The maximum atomic E-state index is 10.9. The number of pyridine rings is 1. The van der Waals surface area contributed by atoms with Crippen LogP contribution >= 0.6 is 0 Å². The van der Waals surface area contributed by atoms with E-state index in [2.05, 4.69) is 25.6 Å². The van der Waals surface area contributed by atoms with E-state index in [-0.39, 0.29) is 6.61 Å². The topological polar surface area (TPSA) is 126 Å². The van der Waals surface area contributed by atoms with E-state index in [1.807, 2.05) is 37.7 Å². The minimum Gasteiger partial charge on any atom is -0.443 e. The number of carbonyl (C=O) groups excluding carboxylic acids is 1. The Morgan fingerprint density at radius 2 is 2.15 bits per heavy atom. The molecule has 0 atom stereocenters. The zero-order valence-corrected chi connectivity index (χ0v) is 14.8. The molecule has 10 heteroatoms. The van der Waals surface area contributed by atoms with E-state index >= 15 is 0 Å². The molecule has 3 aromatic heterocycles. The molecule has 3 aromatic rings. The summed E-state index contributed by atoms with van der Waals surface area (Å²) in [5, 5.41) is 15.6. The summed E-state index contributed by atoms with van der Waals surface area (Å²) in [5.74, 6) is 1.36. The lowest BCUT2D eigenvalue weighted by Gasteiger charge is -2.12. The van der Waals surface area contributed by atoms with Gasteiger partial charge in [-0.15, -0.1) is 10.2 Å². The first kappa shape index (κ1) is 17.4. The number of nitrogens with two attached hydrogens (primary N) is 1. The Morgan fingerprint density at radius 3 is 2.81 bits per heavy atom. The summed E-state index contributed by atoms with van der Waals surface area (Å²) >= 11 is 0. The molecule has 0 saturated carbocycles. The number of aromatic nitrogens is 6. The Labute approximate surface area is 150 Å².